The van der Waals surface area contributed by atoms with Gasteiger partial charge in [0.25, 0.3) is 0 Å². The van der Waals surface area contributed by atoms with E-state index >= 15 is 0 Å². The van der Waals surface area contributed by atoms with E-state index in [-0.39, 0.29) is 12.0 Å². The summed E-state index contributed by atoms with van der Waals surface area (Å²) in [6.45, 7) is 4.20. The zero-order chi connectivity index (χ0) is 14.4. The molecule has 1 heterocycles. The molecular formula is C14H24N4OS. The van der Waals surface area contributed by atoms with Gasteiger partial charge in [0.05, 0.1) is 0 Å². The average Bonchev–Trinajstić information content (AvgIpc) is 3.23. The van der Waals surface area contributed by atoms with Crippen molar-refractivity contribution in [3.63, 3.8) is 0 Å². The third-order valence-electron chi connectivity index (χ3n) is 3.69. The minimum Gasteiger partial charge on any atom is -0.396 e. The topological polar surface area (TPSA) is 70.1 Å². The molecule has 0 amide bonds. The summed E-state index contributed by atoms with van der Waals surface area (Å²) in [6, 6.07) is 1.96. The van der Waals surface area contributed by atoms with Gasteiger partial charge in [-0.15, -0.1) is 0 Å². The van der Waals surface area contributed by atoms with Crippen LogP contribution in [-0.4, -0.2) is 41.0 Å². The summed E-state index contributed by atoms with van der Waals surface area (Å²) in [5.74, 6) is 1.74. The van der Waals surface area contributed by atoms with Crippen LogP contribution in [0.15, 0.2) is 11.2 Å². The Morgan fingerprint density at radius 3 is 2.55 bits per heavy atom. The monoisotopic (exact) mass is 296 g/mol. The van der Waals surface area contributed by atoms with Crippen molar-refractivity contribution < 1.29 is 5.11 Å². The number of hydrogen-bond acceptors (Lipinski definition) is 6. The Morgan fingerprint density at radius 2 is 2.00 bits per heavy atom. The molecule has 20 heavy (non-hydrogen) atoms. The smallest absolute Gasteiger partial charge is 0.191 e. The zero-order valence-electron chi connectivity index (χ0n) is 12.3. The molecule has 1 aromatic rings. The molecule has 2 rings (SSSR count). The quantitative estimate of drug-likeness (QED) is 0.481. The van der Waals surface area contributed by atoms with Gasteiger partial charge in [-0.3, -0.25) is 0 Å². The molecule has 0 atom stereocenters. The van der Waals surface area contributed by atoms with Crippen LogP contribution in [0.4, 0.5) is 11.6 Å². The minimum atomic E-state index is 0.269. The predicted molar refractivity (Wildman–Crippen MR) is 84.5 cm³/mol. The van der Waals surface area contributed by atoms with E-state index in [0.717, 1.165) is 42.7 Å². The predicted octanol–water partition coefficient (Wildman–Crippen LogP) is 2.59. The van der Waals surface area contributed by atoms with Crippen LogP contribution in [-0.2, 0) is 0 Å². The van der Waals surface area contributed by atoms with Gasteiger partial charge in [0, 0.05) is 25.8 Å². The van der Waals surface area contributed by atoms with E-state index in [1.165, 1.54) is 12.8 Å². The molecule has 1 aromatic heterocycles. The molecule has 1 aliphatic carbocycles. The number of rotatable bonds is 9. The third-order valence-corrected chi connectivity index (χ3v) is 4.24. The summed E-state index contributed by atoms with van der Waals surface area (Å²) < 4.78 is 0. The van der Waals surface area contributed by atoms with Crippen molar-refractivity contribution in [3.05, 3.63) is 6.07 Å². The maximum absolute atomic E-state index is 9.10. The van der Waals surface area contributed by atoms with E-state index in [1.54, 1.807) is 11.8 Å². The lowest BCUT2D eigenvalue weighted by atomic mass is 10.0. The molecule has 1 fully saturated rings. The molecule has 5 nitrogen and oxygen atoms in total. The summed E-state index contributed by atoms with van der Waals surface area (Å²) in [4.78, 5) is 8.94. The van der Waals surface area contributed by atoms with Gasteiger partial charge < -0.3 is 15.7 Å². The van der Waals surface area contributed by atoms with Crippen LogP contribution in [0.25, 0.3) is 0 Å². The van der Waals surface area contributed by atoms with Crippen molar-refractivity contribution in [3.8, 4) is 0 Å². The van der Waals surface area contributed by atoms with Crippen LogP contribution < -0.4 is 10.6 Å². The molecule has 3 N–H and O–H groups in total. The highest BCUT2D eigenvalue weighted by Crippen LogP contribution is 2.48. The second kappa shape index (κ2) is 7.13. The van der Waals surface area contributed by atoms with Crippen molar-refractivity contribution in [1.82, 2.24) is 9.97 Å². The van der Waals surface area contributed by atoms with Gasteiger partial charge in [0.15, 0.2) is 5.16 Å². The zero-order valence-corrected chi connectivity index (χ0v) is 13.1. The second-order valence-corrected chi connectivity index (χ2v) is 6.15. The van der Waals surface area contributed by atoms with Gasteiger partial charge in [0.2, 0.25) is 0 Å². The van der Waals surface area contributed by atoms with Crippen molar-refractivity contribution in [2.45, 2.75) is 37.8 Å². The molecular weight excluding hydrogens is 272 g/mol. The molecule has 0 bridgehead atoms. The SMILES string of the molecule is CCCNc1cc(NCC2(CCO)CC2)nc(SC)n1. The summed E-state index contributed by atoms with van der Waals surface area (Å²) in [5.41, 5.74) is 0.288. The maximum atomic E-state index is 9.10. The Labute approximate surface area is 125 Å². The van der Waals surface area contributed by atoms with E-state index in [4.69, 9.17) is 5.11 Å². The Bertz CT molecular complexity index is 437. The van der Waals surface area contributed by atoms with Gasteiger partial charge in [-0.05, 0) is 37.4 Å². The lowest BCUT2D eigenvalue weighted by Crippen LogP contribution is -2.18. The molecule has 0 unspecified atom stereocenters. The summed E-state index contributed by atoms with van der Waals surface area (Å²) in [7, 11) is 0. The normalized spacial score (nSPS) is 15.9. The van der Waals surface area contributed by atoms with Crippen LogP contribution in [0.5, 0.6) is 0 Å². The van der Waals surface area contributed by atoms with Crippen LogP contribution in [0.1, 0.15) is 32.6 Å². The van der Waals surface area contributed by atoms with E-state index in [2.05, 4.69) is 27.5 Å². The number of hydrogen-bond donors (Lipinski definition) is 3. The van der Waals surface area contributed by atoms with Gasteiger partial charge in [-0.25, -0.2) is 9.97 Å². The highest BCUT2D eigenvalue weighted by Gasteiger charge is 2.41. The van der Waals surface area contributed by atoms with Crippen LogP contribution in [0.3, 0.4) is 0 Å². The molecule has 0 radical (unpaired) electrons. The maximum Gasteiger partial charge on any atom is 0.191 e. The molecule has 112 valence electrons. The fraction of sp³-hybridized carbons (Fsp3) is 0.714. The van der Waals surface area contributed by atoms with E-state index in [0.29, 0.717) is 0 Å². The Kier molecular flexibility index (Phi) is 5.48. The molecule has 1 saturated carbocycles. The number of aliphatic hydroxyl groups is 1. The van der Waals surface area contributed by atoms with Gasteiger partial charge in [-0.1, -0.05) is 18.7 Å². The van der Waals surface area contributed by atoms with Gasteiger partial charge in [0.1, 0.15) is 11.6 Å². The number of nitrogens with zero attached hydrogens (tertiary/aromatic N) is 2. The van der Waals surface area contributed by atoms with Crippen LogP contribution in [0, 0.1) is 5.41 Å². The standard InChI is InChI=1S/C14H24N4OS/c1-3-7-15-11-9-12(18-13(17-11)20-2)16-10-14(4-5-14)6-8-19/h9,19H,3-8,10H2,1-2H3,(H2,15,16,17,18). The van der Waals surface area contributed by atoms with Crippen LogP contribution in [0.2, 0.25) is 0 Å². The third kappa shape index (κ3) is 4.24. The summed E-state index contributed by atoms with van der Waals surface area (Å²) in [5, 5.41) is 16.6. The van der Waals surface area contributed by atoms with Crippen molar-refractivity contribution >= 4 is 23.4 Å². The summed E-state index contributed by atoms with van der Waals surface area (Å²) in [6.07, 6.45) is 6.32. The molecule has 6 heteroatoms. The molecule has 0 aromatic carbocycles. The van der Waals surface area contributed by atoms with Gasteiger partial charge >= 0.3 is 0 Å². The first kappa shape index (κ1) is 15.4. The fourth-order valence-electron chi connectivity index (χ4n) is 2.16. The second-order valence-electron chi connectivity index (χ2n) is 5.38. The molecule has 0 saturated heterocycles. The Balaban J connectivity index is 1.99. The first-order valence-corrected chi connectivity index (χ1v) is 8.45. The largest absolute Gasteiger partial charge is 0.396 e. The molecule has 1 aliphatic rings. The van der Waals surface area contributed by atoms with E-state index in [1.807, 2.05) is 12.3 Å². The average molecular weight is 296 g/mol. The lowest BCUT2D eigenvalue weighted by molar-refractivity contribution is 0.253. The Hall–Kier alpha value is -1.01. The van der Waals surface area contributed by atoms with Gasteiger partial charge in [-0.2, -0.15) is 0 Å². The number of nitrogens with one attached hydrogen (secondary N) is 2. The number of aromatic nitrogens is 2. The number of anilines is 2. The number of thioether (sulfide) groups is 1. The first-order chi connectivity index (χ1) is 9.71. The van der Waals surface area contributed by atoms with Crippen molar-refractivity contribution in [1.29, 1.82) is 0 Å². The molecule has 0 spiro atoms. The minimum absolute atomic E-state index is 0.269. The highest BCUT2D eigenvalue weighted by molar-refractivity contribution is 7.98. The number of aliphatic hydroxyl groups excluding tert-OH is 1. The van der Waals surface area contributed by atoms with E-state index in [9.17, 15) is 0 Å². The fourth-order valence-corrected chi connectivity index (χ4v) is 2.54. The van der Waals surface area contributed by atoms with Crippen LogP contribution >= 0.6 is 11.8 Å². The highest BCUT2D eigenvalue weighted by atomic mass is 32.2. The van der Waals surface area contributed by atoms with E-state index < -0.39 is 0 Å². The summed E-state index contributed by atoms with van der Waals surface area (Å²) >= 11 is 1.55. The first-order valence-electron chi connectivity index (χ1n) is 7.23. The Morgan fingerprint density at radius 1 is 1.30 bits per heavy atom. The van der Waals surface area contributed by atoms with Crippen molar-refractivity contribution in [2.75, 3.05) is 36.6 Å². The lowest BCUT2D eigenvalue weighted by Gasteiger charge is -2.16. The van der Waals surface area contributed by atoms with Crippen molar-refractivity contribution in [2.24, 2.45) is 5.41 Å². The molecule has 0 aliphatic heterocycles.